The molecule has 2 aliphatic carbocycles. The van der Waals surface area contributed by atoms with Crippen molar-refractivity contribution in [1.82, 2.24) is 5.32 Å². The molecule has 1 unspecified atom stereocenters. The predicted octanol–water partition coefficient (Wildman–Crippen LogP) is 1.68. The van der Waals surface area contributed by atoms with E-state index in [1.54, 1.807) is 0 Å². The second-order valence-electron chi connectivity index (χ2n) is 5.59. The van der Waals surface area contributed by atoms with Gasteiger partial charge in [-0.2, -0.15) is 0 Å². The molecule has 0 amide bonds. The van der Waals surface area contributed by atoms with Crippen LogP contribution in [-0.4, -0.2) is 23.3 Å². The summed E-state index contributed by atoms with van der Waals surface area (Å²) in [6.45, 7) is 4.70. The van der Waals surface area contributed by atoms with Crippen LogP contribution in [0, 0.1) is 5.41 Å². The third-order valence-electron chi connectivity index (χ3n) is 3.55. The van der Waals surface area contributed by atoms with Crippen LogP contribution in [0.1, 0.15) is 46.0 Å². The van der Waals surface area contributed by atoms with Crippen molar-refractivity contribution in [3.05, 3.63) is 0 Å². The van der Waals surface area contributed by atoms with E-state index in [4.69, 9.17) is 5.11 Å². The highest BCUT2D eigenvalue weighted by Crippen LogP contribution is 2.37. The lowest BCUT2D eigenvalue weighted by atomic mass is 9.88. The van der Waals surface area contributed by atoms with Gasteiger partial charge in [0.15, 0.2) is 0 Å². The Morgan fingerprint density at radius 2 is 1.92 bits per heavy atom. The SMILES string of the molecule is CC1(C)CCC(NC2CC(O)C2)C1. The van der Waals surface area contributed by atoms with Gasteiger partial charge in [0.1, 0.15) is 0 Å². The number of aliphatic hydroxyl groups is 1. The van der Waals surface area contributed by atoms with Crippen molar-refractivity contribution < 1.29 is 5.11 Å². The van der Waals surface area contributed by atoms with Gasteiger partial charge in [-0.25, -0.2) is 0 Å². The fraction of sp³-hybridized carbons (Fsp3) is 1.00. The molecule has 0 aromatic heterocycles. The Kier molecular flexibility index (Phi) is 2.37. The summed E-state index contributed by atoms with van der Waals surface area (Å²) in [5.41, 5.74) is 0.542. The fourth-order valence-electron chi connectivity index (χ4n) is 2.64. The van der Waals surface area contributed by atoms with Crippen LogP contribution < -0.4 is 5.32 Å². The molecule has 2 heteroatoms. The zero-order valence-electron chi connectivity index (χ0n) is 8.71. The maximum absolute atomic E-state index is 9.15. The summed E-state index contributed by atoms with van der Waals surface area (Å²) >= 11 is 0. The van der Waals surface area contributed by atoms with E-state index in [2.05, 4.69) is 19.2 Å². The van der Waals surface area contributed by atoms with Gasteiger partial charge < -0.3 is 10.4 Å². The first-order valence-corrected chi connectivity index (χ1v) is 5.49. The van der Waals surface area contributed by atoms with Crippen LogP contribution in [0.2, 0.25) is 0 Å². The first-order valence-electron chi connectivity index (χ1n) is 5.49. The zero-order valence-corrected chi connectivity index (χ0v) is 8.71. The highest BCUT2D eigenvalue weighted by Gasteiger charge is 2.35. The molecule has 0 aromatic rings. The summed E-state index contributed by atoms with van der Waals surface area (Å²) in [7, 11) is 0. The van der Waals surface area contributed by atoms with Gasteiger partial charge in [0.25, 0.3) is 0 Å². The molecule has 0 saturated heterocycles. The van der Waals surface area contributed by atoms with E-state index < -0.39 is 0 Å². The van der Waals surface area contributed by atoms with Gasteiger partial charge in [0.05, 0.1) is 6.10 Å². The van der Waals surface area contributed by atoms with E-state index in [1.165, 1.54) is 19.3 Å². The predicted molar refractivity (Wildman–Crippen MR) is 53.6 cm³/mol. The molecule has 0 aliphatic heterocycles. The Bertz CT molecular complexity index is 185. The minimum absolute atomic E-state index is 0.0214. The largest absolute Gasteiger partial charge is 0.393 e. The Hall–Kier alpha value is -0.0800. The number of aliphatic hydroxyl groups excluding tert-OH is 1. The van der Waals surface area contributed by atoms with Gasteiger partial charge >= 0.3 is 0 Å². The molecule has 76 valence electrons. The first-order chi connectivity index (χ1) is 6.05. The average Bonchev–Trinajstić information content (AvgIpc) is 2.27. The van der Waals surface area contributed by atoms with Gasteiger partial charge in [-0.3, -0.25) is 0 Å². The van der Waals surface area contributed by atoms with Crippen LogP contribution in [0.5, 0.6) is 0 Å². The van der Waals surface area contributed by atoms with Crippen molar-refractivity contribution in [2.45, 2.75) is 64.1 Å². The van der Waals surface area contributed by atoms with Crippen LogP contribution in [0.4, 0.5) is 0 Å². The second-order valence-corrected chi connectivity index (χ2v) is 5.59. The van der Waals surface area contributed by atoms with Crippen LogP contribution in [0.15, 0.2) is 0 Å². The fourth-order valence-corrected chi connectivity index (χ4v) is 2.64. The smallest absolute Gasteiger partial charge is 0.0570 e. The van der Waals surface area contributed by atoms with Crippen molar-refractivity contribution in [2.24, 2.45) is 5.41 Å². The van der Waals surface area contributed by atoms with E-state index in [0.717, 1.165) is 12.8 Å². The average molecular weight is 183 g/mol. The molecule has 2 N–H and O–H groups in total. The molecule has 0 aromatic carbocycles. The Labute approximate surface area is 80.7 Å². The number of rotatable bonds is 2. The molecule has 0 radical (unpaired) electrons. The summed E-state index contributed by atoms with van der Waals surface area (Å²) in [4.78, 5) is 0. The monoisotopic (exact) mass is 183 g/mol. The minimum atomic E-state index is -0.0214. The molecule has 0 heterocycles. The molecule has 0 spiro atoms. The van der Waals surface area contributed by atoms with Crippen molar-refractivity contribution in [2.75, 3.05) is 0 Å². The summed E-state index contributed by atoms with van der Waals surface area (Å²) in [6, 6.07) is 1.32. The molecule has 2 nitrogen and oxygen atoms in total. The zero-order chi connectivity index (χ0) is 9.47. The van der Waals surface area contributed by atoms with Gasteiger partial charge in [-0.05, 0) is 37.5 Å². The van der Waals surface area contributed by atoms with Gasteiger partial charge in [-0.15, -0.1) is 0 Å². The Morgan fingerprint density at radius 3 is 2.38 bits per heavy atom. The van der Waals surface area contributed by atoms with E-state index in [1.807, 2.05) is 0 Å². The molecule has 1 atom stereocenters. The normalized spacial score (nSPS) is 43.2. The van der Waals surface area contributed by atoms with Gasteiger partial charge in [-0.1, -0.05) is 13.8 Å². The molecule has 0 bridgehead atoms. The van der Waals surface area contributed by atoms with E-state index in [-0.39, 0.29) is 6.10 Å². The highest BCUT2D eigenvalue weighted by molar-refractivity contribution is 4.92. The first kappa shape index (κ1) is 9.47. The summed E-state index contributed by atoms with van der Waals surface area (Å²) in [5, 5.41) is 12.8. The van der Waals surface area contributed by atoms with Gasteiger partial charge in [0.2, 0.25) is 0 Å². The van der Waals surface area contributed by atoms with Crippen molar-refractivity contribution in [3.63, 3.8) is 0 Å². The molecular formula is C11H21NO. The number of hydrogen-bond acceptors (Lipinski definition) is 2. The molecule has 2 saturated carbocycles. The lowest BCUT2D eigenvalue weighted by molar-refractivity contribution is 0.0575. The van der Waals surface area contributed by atoms with E-state index >= 15 is 0 Å². The molecule has 2 fully saturated rings. The quantitative estimate of drug-likeness (QED) is 0.682. The molecule has 2 rings (SSSR count). The van der Waals surface area contributed by atoms with Crippen molar-refractivity contribution in [3.8, 4) is 0 Å². The van der Waals surface area contributed by atoms with Crippen LogP contribution in [0.25, 0.3) is 0 Å². The summed E-state index contributed by atoms with van der Waals surface area (Å²) in [5.74, 6) is 0. The Balaban J connectivity index is 1.72. The molecular weight excluding hydrogens is 162 g/mol. The van der Waals surface area contributed by atoms with Crippen molar-refractivity contribution >= 4 is 0 Å². The van der Waals surface area contributed by atoms with Gasteiger partial charge in [0, 0.05) is 12.1 Å². The number of nitrogens with one attached hydrogen (secondary N) is 1. The highest BCUT2D eigenvalue weighted by atomic mass is 16.3. The lowest BCUT2D eigenvalue weighted by Crippen LogP contribution is -2.47. The van der Waals surface area contributed by atoms with E-state index in [0.29, 0.717) is 17.5 Å². The van der Waals surface area contributed by atoms with Crippen molar-refractivity contribution in [1.29, 1.82) is 0 Å². The summed E-state index contributed by atoms with van der Waals surface area (Å²) < 4.78 is 0. The third kappa shape index (κ3) is 2.23. The Morgan fingerprint density at radius 1 is 1.23 bits per heavy atom. The third-order valence-corrected chi connectivity index (χ3v) is 3.55. The summed E-state index contributed by atoms with van der Waals surface area (Å²) in [6.07, 6.45) is 5.89. The molecule has 13 heavy (non-hydrogen) atoms. The number of hydrogen-bond donors (Lipinski definition) is 2. The van der Waals surface area contributed by atoms with Crippen LogP contribution in [0.3, 0.4) is 0 Å². The maximum Gasteiger partial charge on any atom is 0.0570 e. The molecule has 2 aliphatic rings. The van der Waals surface area contributed by atoms with Crippen LogP contribution >= 0.6 is 0 Å². The lowest BCUT2D eigenvalue weighted by Gasteiger charge is -2.34. The van der Waals surface area contributed by atoms with E-state index in [9.17, 15) is 0 Å². The second kappa shape index (κ2) is 3.25. The topological polar surface area (TPSA) is 32.3 Å². The standard InChI is InChI=1S/C11H21NO/c1-11(2)4-3-8(7-11)12-9-5-10(13)6-9/h8-10,12-13H,3-7H2,1-2H3. The minimum Gasteiger partial charge on any atom is -0.393 e. The maximum atomic E-state index is 9.15. The van der Waals surface area contributed by atoms with Crippen LogP contribution in [-0.2, 0) is 0 Å².